The van der Waals surface area contributed by atoms with Gasteiger partial charge < -0.3 is 10.2 Å². The minimum atomic E-state index is -0.186. The van der Waals surface area contributed by atoms with Gasteiger partial charge in [0.15, 0.2) is 0 Å². The SMILES string of the molecule is CCC[C@@H]1CN[C@H](C(=O)N2CCC[C@H]2C#N)C1.Cl. The summed E-state index contributed by atoms with van der Waals surface area (Å²) in [7, 11) is 0. The number of halogens is 1. The maximum absolute atomic E-state index is 12.3. The Morgan fingerprint density at radius 2 is 2.33 bits per heavy atom. The summed E-state index contributed by atoms with van der Waals surface area (Å²) in [5, 5.41) is 12.3. The molecule has 4 nitrogen and oxygen atoms in total. The molecule has 0 radical (unpaired) electrons. The van der Waals surface area contributed by atoms with Crippen molar-refractivity contribution in [1.82, 2.24) is 10.2 Å². The molecule has 0 unspecified atom stereocenters. The summed E-state index contributed by atoms with van der Waals surface area (Å²) in [6.07, 6.45) is 5.12. The first kappa shape index (κ1) is 15.3. The van der Waals surface area contributed by atoms with Crippen LogP contribution in [-0.4, -0.2) is 36.0 Å². The van der Waals surface area contributed by atoms with Gasteiger partial charge in [-0.3, -0.25) is 4.79 Å². The van der Waals surface area contributed by atoms with Gasteiger partial charge in [0.1, 0.15) is 6.04 Å². The summed E-state index contributed by atoms with van der Waals surface area (Å²) in [6.45, 7) is 3.89. The molecule has 0 bridgehead atoms. The predicted octanol–water partition coefficient (Wildman–Crippen LogP) is 1.70. The number of carbonyl (C=O) groups is 1. The van der Waals surface area contributed by atoms with Crippen LogP contribution in [0.4, 0.5) is 0 Å². The number of amides is 1. The Bertz CT molecular complexity index is 329. The van der Waals surface area contributed by atoms with Crippen molar-refractivity contribution in [1.29, 1.82) is 5.26 Å². The fraction of sp³-hybridized carbons (Fsp3) is 0.846. The van der Waals surface area contributed by atoms with Gasteiger partial charge in [0.25, 0.3) is 0 Å². The molecule has 2 heterocycles. The van der Waals surface area contributed by atoms with E-state index in [2.05, 4.69) is 18.3 Å². The first-order valence-corrected chi connectivity index (χ1v) is 6.69. The highest BCUT2D eigenvalue weighted by Gasteiger charge is 2.36. The van der Waals surface area contributed by atoms with E-state index in [1.54, 1.807) is 4.90 Å². The zero-order valence-corrected chi connectivity index (χ0v) is 11.7. The van der Waals surface area contributed by atoms with E-state index < -0.39 is 0 Å². The Hall–Kier alpha value is -0.790. The van der Waals surface area contributed by atoms with Crippen LogP contribution in [0.5, 0.6) is 0 Å². The van der Waals surface area contributed by atoms with Crippen molar-refractivity contribution in [2.24, 2.45) is 5.92 Å². The Balaban J connectivity index is 0.00000162. The minimum absolute atomic E-state index is 0. The van der Waals surface area contributed by atoms with E-state index in [-0.39, 0.29) is 30.4 Å². The van der Waals surface area contributed by atoms with Crippen LogP contribution in [0.2, 0.25) is 0 Å². The molecule has 0 aromatic rings. The largest absolute Gasteiger partial charge is 0.325 e. The first-order chi connectivity index (χ1) is 8.26. The summed E-state index contributed by atoms with van der Waals surface area (Å²) in [5.74, 6) is 0.782. The average Bonchev–Trinajstić information content (AvgIpc) is 2.96. The fourth-order valence-corrected chi connectivity index (χ4v) is 2.99. The third-order valence-electron chi connectivity index (χ3n) is 3.90. The number of nitrogens with zero attached hydrogens (tertiary/aromatic N) is 2. The number of likely N-dealkylation sites (tertiary alicyclic amines) is 1. The van der Waals surface area contributed by atoms with Crippen molar-refractivity contribution < 1.29 is 4.79 Å². The molecule has 5 heteroatoms. The lowest BCUT2D eigenvalue weighted by Crippen LogP contribution is -2.45. The number of carbonyl (C=O) groups excluding carboxylic acids is 1. The maximum Gasteiger partial charge on any atom is 0.240 e. The third-order valence-corrected chi connectivity index (χ3v) is 3.90. The molecule has 1 amide bonds. The number of hydrogen-bond donors (Lipinski definition) is 1. The lowest BCUT2D eigenvalue weighted by Gasteiger charge is -2.23. The van der Waals surface area contributed by atoms with Crippen molar-refractivity contribution in [2.75, 3.05) is 13.1 Å². The normalized spacial score (nSPS) is 30.9. The van der Waals surface area contributed by atoms with Gasteiger partial charge in [-0.2, -0.15) is 5.26 Å². The van der Waals surface area contributed by atoms with Gasteiger partial charge >= 0.3 is 0 Å². The van der Waals surface area contributed by atoms with Crippen LogP contribution < -0.4 is 5.32 Å². The fourth-order valence-electron chi connectivity index (χ4n) is 2.99. The summed E-state index contributed by atoms with van der Waals surface area (Å²) in [4.78, 5) is 14.0. The van der Waals surface area contributed by atoms with Crippen LogP contribution in [0.15, 0.2) is 0 Å². The molecule has 0 aromatic carbocycles. The third kappa shape index (κ3) is 3.15. The average molecular weight is 272 g/mol. The summed E-state index contributed by atoms with van der Waals surface area (Å²) >= 11 is 0. The Labute approximate surface area is 115 Å². The van der Waals surface area contributed by atoms with E-state index >= 15 is 0 Å². The lowest BCUT2D eigenvalue weighted by molar-refractivity contribution is -0.133. The van der Waals surface area contributed by atoms with E-state index in [1.165, 1.54) is 12.8 Å². The van der Waals surface area contributed by atoms with Crippen LogP contribution >= 0.6 is 12.4 Å². The van der Waals surface area contributed by atoms with Gasteiger partial charge in [-0.05, 0) is 38.1 Å². The second-order valence-electron chi connectivity index (χ2n) is 5.17. The van der Waals surface area contributed by atoms with E-state index in [0.717, 1.165) is 32.4 Å². The summed E-state index contributed by atoms with van der Waals surface area (Å²) < 4.78 is 0. The number of nitriles is 1. The molecule has 0 spiro atoms. The number of nitrogens with one attached hydrogen (secondary N) is 1. The van der Waals surface area contributed by atoms with Crippen LogP contribution in [0, 0.1) is 17.2 Å². The van der Waals surface area contributed by atoms with Gasteiger partial charge in [0, 0.05) is 6.54 Å². The standard InChI is InChI=1S/C13H21N3O.ClH/c1-2-4-10-7-12(15-9-10)13(17)16-6-3-5-11(16)8-14;/h10-12,15H,2-7,9H2,1H3;1H/t10-,11-,12-;/m0./s1. The summed E-state index contributed by atoms with van der Waals surface area (Å²) in [5.41, 5.74) is 0. The minimum Gasteiger partial charge on any atom is -0.325 e. The van der Waals surface area contributed by atoms with Crippen molar-refractivity contribution in [3.63, 3.8) is 0 Å². The molecule has 2 fully saturated rings. The monoisotopic (exact) mass is 271 g/mol. The first-order valence-electron chi connectivity index (χ1n) is 6.69. The quantitative estimate of drug-likeness (QED) is 0.850. The van der Waals surface area contributed by atoms with E-state index in [9.17, 15) is 4.79 Å². The smallest absolute Gasteiger partial charge is 0.240 e. The van der Waals surface area contributed by atoms with Crippen molar-refractivity contribution >= 4 is 18.3 Å². The van der Waals surface area contributed by atoms with Crippen LogP contribution in [-0.2, 0) is 4.79 Å². The molecule has 0 saturated carbocycles. The topological polar surface area (TPSA) is 56.1 Å². The molecule has 0 aromatic heterocycles. The summed E-state index contributed by atoms with van der Waals surface area (Å²) in [6, 6.07) is 2.01. The molecule has 2 aliphatic rings. The van der Waals surface area contributed by atoms with Crippen molar-refractivity contribution in [3.8, 4) is 6.07 Å². The number of hydrogen-bond acceptors (Lipinski definition) is 3. The molecule has 102 valence electrons. The maximum atomic E-state index is 12.3. The lowest BCUT2D eigenvalue weighted by atomic mass is 10.00. The molecule has 2 rings (SSSR count). The predicted molar refractivity (Wildman–Crippen MR) is 72.4 cm³/mol. The van der Waals surface area contributed by atoms with E-state index in [1.807, 2.05) is 0 Å². The second-order valence-corrected chi connectivity index (χ2v) is 5.17. The molecule has 3 atom stereocenters. The Morgan fingerprint density at radius 1 is 1.56 bits per heavy atom. The van der Waals surface area contributed by atoms with Crippen LogP contribution in [0.3, 0.4) is 0 Å². The zero-order valence-electron chi connectivity index (χ0n) is 10.9. The van der Waals surface area contributed by atoms with Gasteiger partial charge in [0.05, 0.1) is 12.1 Å². The van der Waals surface area contributed by atoms with E-state index in [4.69, 9.17) is 5.26 Å². The second kappa shape index (κ2) is 6.96. The number of rotatable bonds is 3. The molecular formula is C13H22ClN3O. The Kier molecular flexibility index (Phi) is 5.90. The van der Waals surface area contributed by atoms with E-state index in [0.29, 0.717) is 5.92 Å². The zero-order chi connectivity index (χ0) is 12.3. The molecule has 2 saturated heterocycles. The van der Waals surface area contributed by atoms with Crippen LogP contribution in [0.1, 0.15) is 39.0 Å². The molecule has 0 aliphatic carbocycles. The highest BCUT2D eigenvalue weighted by atomic mass is 35.5. The van der Waals surface area contributed by atoms with Crippen LogP contribution in [0.25, 0.3) is 0 Å². The molecule has 2 aliphatic heterocycles. The van der Waals surface area contributed by atoms with Crippen molar-refractivity contribution in [3.05, 3.63) is 0 Å². The Morgan fingerprint density at radius 3 is 3.00 bits per heavy atom. The molecule has 1 N–H and O–H groups in total. The molecule has 18 heavy (non-hydrogen) atoms. The molecular weight excluding hydrogens is 250 g/mol. The van der Waals surface area contributed by atoms with Crippen molar-refractivity contribution in [2.45, 2.75) is 51.1 Å². The highest BCUT2D eigenvalue weighted by molar-refractivity contribution is 5.85. The van der Waals surface area contributed by atoms with Gasteiger partial charge in [-0.1, -0.05) is 13.3 Å². The van der Waals surface area contributed by atoms with Gasteiger partial charge in [-0.15, -0.1) is 12.4 Å². The highest BCUT2D eigenvalue weighted by Crippen LogP contribution is 2.24. The van der Waals surface area contributed by atoms with Gasteiger partial charge in [-0.25, -0.2) is 0 Å². The van der Waals surface area contributed by atoms with Gasteiger partial charge in [0.2, 0.25) is 5.91 Å².